The Kier molecular flexibility index (Phi) is 3.17. The van der Waals surface area contributed by atoms with Crippen molar-refractivity contribution in [1.82, 2.24) is 0 Å². The monoisotopic (exact) mass is 231 g/mol. The molecule has 1 fully saturated rings. The zero-order chi connectivity index (χ0) is 11.7. The lowest BCUT2D eigenvalue weighted by atomic mass is 9.82. The molecule has 0 unspecified atom stereocenters. The van der Waals surface area contributed by atoms with Crippen molar-refractivity contribution in [1.29, 1.82) is 0 Å². The van der Waals surface area contributed by atoms with Crippen LogP contribution in [0.5, 0.6) is 0 Å². The Morgan fingerprint density at radius 3 is 2.82 bits per heavy atom. The number of nitrogens with two attached hydrogens (primary N) is 1. The molecule has 0 bridgehead atoms. The summed E-state index contributed by atoms with van der Waals surface area (Å²) in [5.74, 6) is 0.708. The fraction of sp³-hybridized carbons (Fsp3) is 0.600. The van der Waals surface area contributed by atoms with Crippen LogP contribution in [0.4, 0.5) is 0 Å². The molecule has 0 heterocycles. The Morgan fingerprint density at radius 2 is 2.00 bits per heavy atom. The largest absolute Gasteiger partial charge is 0.374 e. The van der Waals surface area contributed by atoms with Crippen molar-refractivity contribution in [2.45, 2.75) is 44.8 Å². The molecule has 1 aromatic carbocycles. The van der Waals surface area contributed by atoms with Gasteiger partial charge in [-0.3, -0.25) is 0 Å². The van der Waals surface area contributed by atoms with Gasteiger partial charge in [0.1, 0.15) is 0 Å². The van der Waals surface area contributed by atoms with Crippen molar-refractivity contribution >= 4 is 0 Å². The number of fused-ring (bicyclic) bond motifs is 1. The molecule has 1 saturated carbocycles. The van der Waals surface area contributed by atoms with Crippen LogP contribution in [0.25, 0.3) is 0 Å². The fourth-order valence-corrected chi connectivity index (χ4v) is 2.93. The van der Waals surface area contributed by atoms with Crippen LogP contribution in [0.2, 0.25) is 0 Å². The lowest BCUT2D eigenvalue weighted by Gasteiger charge is -2.34. The highest BCUT2D eigenvalue weighted by Crippen LogP contribution is 2.30. The number of ether oxygens (including phenoxy) is 1. The Hall–Kier alpha value is -0.860. The van der Waals surface area contributed by atoms with Gasteiger partial charge >= 0.3 is 0 Å². The molecule has 2 aliphatic carbocycles. The average molecular weight is 231 g/mol. The lowest BCUT2D eigenvalue weighted by Crippen LogP contribution is -2.35. The first kappa shape index (κ1) is 11.2. The Morgan fingerprint density at radius 1 is 1.18 bits per heavy atom. The summed E-state index contributed by atoms with van der Waals surface area (Å²) in [6, 6.07) is 6.84. The fourth-order valence-electron chi connectivity index (χ4n) is 2.93. The second kappa shape index (κ2) is 4.79. The van der Waals surface area contributed by atoms with Crippen LogP contribution >= 0.6 is 0 Å². The molecule has 2 aliphatic rings. The van der Waals surface area contributed by atoms with Gasteiger partial charge in [-0.15, -0.1) is 0 Å². The zero-order valence-corrected chi connectivity index (χ0v) is 10.3. The first-order chi connectivity index (χ1) is 8.35. The van der Waals surface area contributed by atoms with Gasteiger partial charge < -0.3 is 10.5 Å². The molecular formula is C15H21NO. The topological polar surface area (TPSA) is 35.2 Å². The van der Waals surface area contributed by atoms with E-state index in [-0.39, 0.29) is 0 Å². The van der Waals surface area contributed by atoms with E-state index in [1.54, 1.807) is 11.1 Å². The van der Waals surface area contributed by atoms with Gasteiger partial charge in [-0.05, 0) is 61.3 Å². The summed E-state index contributed by atoms with van der Waals surface area (Å²) in [5.41, 5.74) is 10.0. The van der Waals surface area contributed by atoms with Gasteiger partial charge in [-0.2, -0.15) is 0 Å². The van der Waals surface area contributed by atoms with E-state index >= 15 is 0 Å². The highest BCUT2D eigenvalue weighted by atomic mass is 16.5. The van der Waals surface area contributed by atoms with Gasteiger partial charge in [-0.1, -0.05) is 18.2 Å². The SMILES string of the molecule is NCC1CC(OCc2ccc3c(c2)CCC3)C1. The van der Waals surface area contributed by atoms with E-state index in [2.05, 4.69) is 18.2 Å². The van der Waals surface area contributed by atoms with Gasteiger partial charge in [-0.25, -0.2) is 0 Å². The molecule has 0 amide bonds. The summed E-state index contributed by atoms with van der Waals surface area (Å²) in [7, 11) is 0. The van der Waals surface area contributed by atoms with E-state index in [0.29, 0.717) is 12.0 Å². The quantitative estimate of drug-likeness (QED) is 0.863. The third-order valence-electron chi connectivity index (χ3n) is 4.17. The first-order valence-electron chi connectivity index (χ1n) is 6.77. The van der Waals surface area contributed by atoms with Crippen molar-refractivity contribution < 1.29 is 4.74 Å². The number of hydrogen-bond donors (Lipinski definition) is 1. The van der Waals surface area contributed by atoms with Crippen molar-refractivity contribution in [2.75, 3.05) is 6.54 Å². The summed E-state index contributed by atoms with van der Waals surface area (Å²) < 4.78 is 5.90. The molecule has 0 spiro atoms. The summed E-state index contributed by atoms with van der Waals surface area (Å²) in [4.78, 5) is 0. The van der Waals surface area contributed by atoms with E-state index in [1.807, 2.05) is 0 Å². The van der Waals surface area contributed by atoms with E-state index in [4.69, 9.17) is 10.5 Å². The maximum absolute atomic E-state index is 5.90. The maximum atomic E-state index is 5.90. The predicted molar refractivity (Wildman–Crippen MR) is 68.8 cm³/mol. The number of benzene rings is 1. The molecule has 3 rings (SSSR count). The maximum Gasteiger partial charge on any atom is 0.0720 e. The third kappa shape index (κ3) is 2.38. The van der Waals surface area contributed by atoms with Gasteiger partial charge in [0.15, 0.2) is 0 Å². The van der Waals surface area contributed by atoms with Gasteiger partial charge in [0.2, 0.25) is 0 Å². The highest BCUT2D eigenvalue weighted by Gasteiger charge is 2.28. The van der Waals surface area contributed by atoms with Crippen molar-refractivity contribution in [3.05, 3.63) is 34.9 Å². The third-order valence-corrected chi connectivity index (χ3v) is 4.17. The minimum absolute atomic E-state index is 0.455. The molecule has 2 heteroatoms. The molecule has 2 nitrogen and oxygen atoms in total. The number of aryl methyl sites for hydroxylation is 2. The molecule has 0 radical (unpaired) electrons. The number of rotatable bonds is 4. The summed E-state index contributed by atoms with van der Waals surface area (Å²) >= 11 is 0. The molecule has 92 valence electrons. The molecular weight excluding hydrogens is 210 g/mol. The van der Waals surface area contributed by atoms with Crippen LogP contribution < -0.4 is 5.73 Å². The van der Waals surface area contributed by atoms with E-state index in [9.17, 15) is 0 Å². The summed E-state index contributed by atoms with van der Waals surface area (Å²) in [6.07, 6.45) is 6.60. The predicted octanol–water partition coefficient (Wildman–Crippen LogP) is 2.43. The molecule has 1 aromatic rings. The van der Waals surface area contributed by atoms with Gasteiger partial charge in [0.25, 0.3) is 0 Å². The average Bonchev–Trinajstić information content (AvgIpc) is 2.74. The van der Waals surface area contributed by atoms with Crippen molar-refractivity contribution in [3.8, 4) is 0 Å². The molecule has 0 aromatic heterocycles. The number of hydrogen-bond acceptors (Lipinski definition) is 2. The summed E-state index contributed by atoms with van der Waals surface area (Å²) in [5, 5.41) is 0. The van der Waals surface area contributed by atoms with Crippen molar-refractivity contribution in [3.63, 3.8) is 0 Å². The van der Waals surface area contributed by atoms with Gasteiger partial charge in [0.05, 0.1) is 12.7 Å². The molecule has 17 heavy (non-hydrogen) atoms. The Bertz CT molecular complexity index is 396. The van der Waals surface area contributed by atoms with E-state index in [1.165, 1.54) is 24.8 Å². The minimum atomic E-state index is 0.455. The first-order valence-corrected chi connectivity index (χ1v) is 6.77. The van der Waals surface area contributed by atoms with Crippen LogP contribution in [0.15, 0.2) is 18.2 Å². The van der Waals surface area contributed by atoms with Gasteiger partial charge in [0, 0.05) is 0 Å². The smallest absolute Gasteiger partial charge is 0.0720 e. The van der Waals surface area contributed by atoms with Crippen molar-refractivity contribution in [2.24, 2.45) is 11.7 Å². The minimum Gasteiger partial charge on any atom is -0.374 e. The second-order valence-corrected chi connectivity index (χ2v) is 5.46. The van der Waals surface area contributed by atoms with Crippen LogP contribution in [-0.2, 0) is 24.2 Å². The Labute approximate surface area is 103 Å². The van der Waals surface area contributed by atoms with Crippen LogP contribution in [0.3, 0.4) is 0 Å². The summed E-state index contributed by atoms with van der Waals surface area (Å²) in [6.45, 7) is 1.59. The Balaban J connectivity index is 1.52. The molecule has 0 aliphatic heterocycles. The normalized spacial score (nSPS) is 26.6. The molecule has 0 atom stereocenters. The lowest BCUT2D eigenvalue weighted by molar-refractivity contribution is -0.0376. The van der Waals surface area contributed by atoms with E-state index in [0.717, 1.165) is 26.0 Å². The van der Waals surface area contributed by atoms with Crippen LogP contribution in [-0.4, -0.2) is 12.6 Å². The van der Waals surface area contributed by atoms with E-state index < -0.39 is 0 Å². The highest BCUT2D eigenvalue weighted by molar-refractivity contribution is 5.35. The molecule has 2 N–H and O–H groups in total. The zero-order valence-electron chi connectivity index (χ0n) is 10.3. The van der Waals surface area contributed by atoms with Crippen LogP contribution in [0.1, 0.15) is 36.0 Å². The second-order valence-electron chi connectivity index (χ2n) is 5.46. The van der Waals surface area contributed by atoms with Crippen LogP contribution in [0, 0.1) is 5.92 Å². The molecule has 0 saturated heterocycles. The standard InChI is InChI=1S/C15H21NO/c16-9-12-7-15(8-12)17-10-11-4-5-13-2-1-3-14(13)6-11/h4-6,12,15H,1-3,7-10,16H2.